The lowest BCUT2D eigenvalue weighted by Crippen LogP contribution is -2.38. The molecule has 0 bridgehead atoms. The first-order valence-electron chi connectivity index (χ1n) is 6.42. The predicted molar refractivity (Wildman–Crippen MR) is 70.3 cm³/mol. The van der Waals surface area contributed by atoms with Gasteiger partial charge >= 0.3 is 0 Å². The molecular weight excluding hydrogens is 234 g/mol. The third-order valence-corrected chi connectivity index (χ3v) is 3.57. The van der Waals surface area contributed by atoms with E-state index in [2.05, 4.69) is 13.8 Å². The molecule has 0 saturated heterocycles. The molecule has 102 valence electrons. The second-order valence-corrected chi connectivity index (χ2v) is 4.52. The van der Waals surface area contributed by atoms with E-state index in [4.69, 9.17) is 5.73 Å². The highest BCUT2D eigenvalue weighted by Crippen LogP contribution is 2.27. The Kier molecular flexibility index (Phi) is 5.69. The van der Waals surface area contributed by atoms with Crippen LogP contribution in [0.4, 0.5) is 8.78 Å². The Labute approximate surface area is 108 Å². The van der Waals surface area contributed by atoms with Crippen molar-refractivity contribution in [1.82, 2.24) is 4.90 Å². The summed E-state index contributed by atoms with van der Waals surface area (Å²) in [5.74, 6) is -1.05. The predicted octanol–water partition coefficient (Wildman–Crippen LogP) is 3.09. The van der Waals surface area contributed by atoms with Gasteiger partial charge in [0.25, 0.3) is 0 Å². The van der Waals surface area contributed by atoms with Crippen LogP contribution in [0.3, 0.4) is 0 Å². The van der Waals surface area contributed by atoms with Gasteiger partial charge in [-0.2, -0.15) is 0 Å². The van der Waals surface area contributed by atoms with Gasteiger partial charge in [0.1, 0.15) is 11.6 Å². The second-order valence-electron chi connectivity index (χ2n) is 4.52. The van der Waals surface area contributed by atoms with Crippen LogP contribution >= 0.6 is 0 Å². The molecule has 18 heavy (non-hydrogen) atoms. The van der Waals surface area contributed by atoms with Gasteiger partial charge in [-0.1, -0.05) is 19.9 Å². The normalized spacial score (nSPS) is 13.3. The van der Waals surface area contributed by atoms with Gasteiger partial charge in [0.2, 0.25) is 0 Å². The van der Waals surface area contributed by atoms with Crippen molar-refractivity contribution >= 4 is 0 Å². The van der Waals surface area contributed by atoms with Crippen molar-refractivity contribution in [3.8, 4) is 0 Å². The van der Waals surface area contributed by atoms with Crippen LogP contribution in [0.15, 0.2) is 18.2 Å². The summed E-state index contributed by atoms with van der Waals surface area (Å²) in [6, 6.07) is 3.79. The molecule has 0 aromatic heterocycles. The van der Waals surface area contributed by atoms with E-state index in [0.717, 1.165) is 12.8 Å². The zero-order chi connectivity index (χ0) is 13.7. The summed E-state index contributed by atoms with van der Waals surface area (Å²) in [5, 5.41) is 0. The second kappa shape index (κ2) is 6.81. The maximum atomic E-state index is 13.8. The number of likely N-dealkylation sites (N-methyl/N-ethyl adjacent to an activating group) is 1. The highest BCUT2D eigenvalue weighted by atomic mass is 19.1. The highest BCUT2D eigenvalue weighted by molar-refractivity contribution is 5.24. The van der Waals surface area contributed by atoms with Gasteiger partial charge in [-0.15, -0.1) is 0 Å². The summed E-state index contributed by atoms with van der Waals surface area (Å²) in [6.07, 6.45) is 1.86. The van der Waals surface area contributed by atoms with E-state index >= 15 is 0 Å². The summed E-state index contributed by atoms with van der Waals surface area (Å²) >= 11 is 0. The molecule has 1 aromatic rings. The van der Waals surface area contributed by atoms with Crippen molar-refractivity contribution in [3.05, 3.63) is 35.4 Å². The zero-order valence-corrected chi connectivity index (χ0v) is 11.3. The largest absolute Gasteiger partial charge is 0.329 e. The van der Waals surface area contributed by atoms with Crippen molar-refractivity contribution in [2.75, 3.05) is 13.6 Å². The number of rotatable bonds is 6. The third kappa shape index (κ3) is 3.06. The fourth-order valence-electron chi connectivity index (χ4n) is 2.44. The van der Waals surface area contributed by atoms with E-state index in [0.29, 0.717) is 0 Å². The molecule has 2 nitrogen and oxygen atoms in total. The van der Waals surface area contributed by atoms with E-state index in [1.165, 1.54) is 18.2 Å². The van der Waals surface area contributed by atoms with Crippen LogP contribution in [-0.4, -0.2) is 24.5 Å². The number of hydrogen-bond acceptors (Lipinski definition) is 2. The highest BCUT2D eigenvalue weighted by Gasteiger charge is 2.26. The topological polar surface area (TPSA) is 29.3 Å². The van der Waals surface area contributed by atoms with Crippen LogP contribution < -0.4 is 5.73 Å². The van der Waals surface area contributed by atoms with Crippen LogP contribution in [0.2, 0.25) is 0 Å². The van der Waals surface area contributed by atoms with Gasteiger partial charge in [-0.05, 0) is 32.0 Å². The van der Waals surface area contributed by atoms with E-state index in [-0.39, 0.29) is 18.2 Å². The molecule has 1 aromatic carbocycles. The maximum absolute atomic E-state index is 13.8. The van der Waals surface area contributed by atoms with Crippen molar-refractivity contribution in [3.63, 3.8) is 0 Å². The van der Waals surface area contributed by atoms with Crippen LogP contribution in [-0.2, 0) is 0 Å². The maximum Gasteiger partial charge on any atom is 0.130 e. The van der Waals surface area contributed by atoms with Crippen molar-refractivity contribution in [1.29, 1.82) is 0 Å². The monoisotopic (exact) mass is 256 g/mol. The Morgan fingerprint density at radius 2 is 1.67 bits per heavy atom. The Hall–Kier alpha value is -1.00. The third-order valence-electron chi connectivity index (χ3n) is 3.57. The quantitative estimate of drug-likeness (QED) is 0.847. The molecule has 0 fully saturated rings. The van der Waals surface area contributed by atoms with Gasteiger partial charge in [-0.3, -0.25) is 4.90 Å². The summed E-state index contributed by atoms with van der Waals surface area (Å²) in [6.45, 7) is 4.33. The molecule has 0 spiro atoms. The molecule has 0 aliphatic carbocycles. The van der Waals surface area contributed by atoms with E-state index in [1.54, 1.807) is 0 Å². The number of nitrogens with two attached hydrogens (primary N) is 1. The molecule has 1 rings (SSSR count). The number of nitrogens with zero attached hydrogens (tertiary/aromatic N) is 1. The van der Waals surface area contributed by atoms with Crippen molar-refractivity contribution < 1.29 is 8.78 Å². The molecule has 4 heteroatoms. The van der Waals surface area contributed by atoms with Gasteiger partial charge in [0.15, 0.2) is 0 Å². The average molecular weight is 256 g/mol. The Morgan fingerprint density at radius 1 is 1.17 bits per heavy atom. The molecular formula is C14H22F2N2. The van der Waals surface area contributed by atoms with Crippen LogP contribution in [0.25, 0.3) is 0 Å². The fraction of sp³-hybridized carbons (Fsp3) is 0.571. The first-order valence-corrected chi connectivity index (χ1v) is 6.42. The smallest absolute Gasteiger partial charge is 0.130 e. The fourth-order valence-corrected chi connectivity index (χ4v) is 2.44. The molecule has 0 amide bonds. The van der Waals surface area contributed by atoms with Crippen molar-refractivity contribution in [2.24, 2.45) is 5.73 Å². The van der Waals surface area contributed by atoms with Gasteiger partial charge in [0, 0.05) is 18.2 Å². The van der Waals surface area contributed by atoms with E-state index in [9.17, 15) is 8.78 Å². The van der Waals surface area contributed by atoms with Crippen LogP contribution in [0, 0.1) is 11.6 Å². The van der Waals surface area contributed by atoms with E-state index in [1.807, 2.05) is 11.9 Å². The summed E-state index contributed by atoms with van der Waals surface area (Å²) in [7, 11) is 1.88. The van der Waals surface area contributed by atoms with Gasteiger partial charge in [0.05, 0.1) is 6.04 Å². The summed E-state index contributed by atoms with van der Waals surface area (Å²) in [4.78, 5) is 1.97. The standard InChI is InChI=1S/C14H22F2N2/c1-4-10(5-2)18(3)13(9-17)14-11(15)7-6-8-12(14)16/h6-8,10,13H,4-5,9,17H2,1-3H3. The molecule has 0 aliphatic heterocycles. The molecule has 0 heterocycles. The Morgan fingerprint density at radius 3 is 2.06 bits per heavy atom. The molecule has 1 unspecified atom stereocenters. The zero-order valence-electron chi connectivity index (χ0n) is 11.3. The lowest BCUT2D eigenvalue weighted by molar-refractivity contribution is 0.161. The van der Waals surface area contributed by atoms with Crippen LogP contribution in [0.1, 0.15) is 38.3 Å². The van der Waals surface area contributed by atoms with Gasteiger partial charge in [-0.25, -0.2) is 8.78 Å². The molecule has 0 saturated carbocycles. The molecule has 1 atom stereocenters. The average Bonchev–Trinajstić information content (AvgIpc) is 2.35. The minimum atomic E-state index is -0.525. The van der Waals surface area contributed by atoms with Gasteiger partial charge < -0.3 is 5.73 Å². The minimum absolute atomic E-state index is 0.0781. The molecule has 2 N–H and O–H groups in total. The number of halogens is 2. The molecule has 0 aliphatic rings. The summed E-state index contributed by atoms with van der Waals surface area (Å²) in [5.41, 5.74) is 5.79. The van der Waals surface area contributed by atoms with E-state index < -0.39 is 17.7 Å². The minimum Gasteiger partial charge on any atom is -0.329 e. The van der Waals surface area contributed by atoms with Crippen LogP contribution in [0.5, 0.6) is 0 Å². The lowest BCUT2D eigenvalue weighted by Gasteiger charge is -2.34. The first kappa shape index (κ1) is 15.1. The lowest BCUT2D eigenvalue weighted by atomic mass is 10.0. The Bertz CT molecular complexity index is 358. The number of hydrogen-bond donors (Lipinski definition) is 1. The van der Waals surface area contributed by atoms with Crippen molar-refractivity contribution in [2.45, 2.75) is 38.8 Å². The number of benzene rings is 1. The SMILES string of the molecule is CCC(CC)N(C)C(CN)c1c(F)cccc1F. The Balaban J connectivity index is 3.09. The summed E-state index contributed by atoms with van der Waals surface area (Å²) < 4.78 is 27.6. The first-order chi connectivity index (χ1) is 8.56. The molecule has 0 radical (unpaired) electrons.